The second kappa shape index (κ2) is 4.85. The van der Waals surface area contributed by atoms with E-state index < -0.39 is 18.1 Å². The van der Waals surface area contributed by atoms with Crippen molar-refractivity contribution in [2.45, 2.75) is 38.6 Å². The molecule has 1 aliphatic rings. The maximum atomic E-state index is 11.1. The minimum absolute atomic E-state index is 0.294. The molecule has 2 atom stereocenters. The Labute approximate surface area is 99.5 Å². The molecule has 1 saturated heterocycles. The molecule has 2 heterocycles. The Balaban J connectivity index is 2.09. The summed E-state index contributed by atoms with van der Waals surface area (Å²) in [5, 5.41) is 18.6. The summed E-state index contributed by atoms with van der Waals surface area (Å²) in [4.78, 5) is 17.0. The van der Waals surface area contributed by atoms with Crippen LogP contribution >= 0.6 is 0 Å². The number of aliphatic hydroxyl groups excluding tert-OH is 1. The lowest BCUT2D eigenvalue weighted by Gasteiger charge is -2.20. The van der Waals surface area contributed by atoms with Crippen LogP contribution in [0.5, 0.6) is 0 Å². The first kappa shape index (κ1) is 12.1. The molecule has 6 nitrogen and oxygen atoms in total. The fourth-order valence-corrected chi connectivity index (χ4v) is 2.27. The molecule has 0 bridgehead atoms. The van der Waals surface area contributed by atoms with Gasteiger partial charge < -0.3 is 14.8 Å². The molecule has 2 rings (SSSR count). The number of rotatable bonds is 4. The minimum atomic E-state index is -0.879. The first-order valence-electron chi connectivity index (χ1n) is 5.76. The van der Waals surface area contributed by atoms with Gasteiger partial charge in [0.2, 0.25) is 0 Å². The summed E-state index contributed by atoms with van der Waals surface area (Å²) < 4.78 is 1.98. The van der Waals surface area contributed by atoms with E-state index in [4.69, 9.17) is 5.11 Å². The van der Waals surface area contributed by atoms with Gasteiger partial charge in [-0.15, -0.1) is 0 Å². The van der Waals surface area contributed by atoms with Crippen LogP contribution in [0, 0.1) is 0 Å². The van der Waals surface area contributed by atoms with Gasteiger partial charge in [0.1, 0.15) is 11.9 Å². The van der Waals surface area contributed by atoms with Crippen molar-refractivity contribution in [1.29, 1.82) is 0 Å². The number of carboxylic acids is 1. The topological polar surface area (TPSA) is 78.6 Å². The van der Waals surface area contributed by atoms with Crippen molar-refractivity contribution in [3.8, 4) is 0 Å². The molecular weight excluding hydrogens is 222 g/mol. The Hall–Kier alpha value is -1.40. The van der Waals surface area contributed by atoms with E-state index in [2.05, 4.69) is 4.98 Å². The minimum Gasteiger partial charge on any atom is -0.480 e. The van der Waals surface area contributed by atoms with Gasteiger partial charge in [0, 0.05) is 31.9 Å². The quantitative estimate of drug-likeness (QED) is 0.768. The van der Waals surface area contributed by atoms with E-state index in [0.717, 1.165) is 12.4 Å². The Morgan fingerprint density at radius 1 is 1.65 bits per heavy atom. The predicted octanol–water partition coefficient (Wildman–Crippen LogP) is -0.0772. The highest BCUT2D eigenvalue weighted by Gasteiger charge is 2.36. The lowest BCUT2D eigenvalue weighted by molar-refractivity contribution is -0.142. The fourth-order valence-electron chi connectivity index (χ4n) is 2.27. The van der Waals surface area contributed by atoms with Crippen LogP contribution in [0.15, 0.2) is 12.4 Å². The van der Waals surface area contributed by atoms with Crippen molar-refractivity contribution >= 4 is 5.97 Å². The lowest BCUT2D eigenvalue weighted by atomic mass is 10.2. The van der Waals surface area contributed by atoms with Crippen molar-refractivity contribution in [3.63, 3.8) is 0 Å². The van der Waals surface area contributed by atoms with Gasteiger partial charge >= 0.3 is 5.97 Å². The highest BCUT2D eigenvalue weighted by Crippen LogP contribution is 2.20. The molecule has 0 radical (unpaired) electrons. The number of hydrogen-bond acceptors (Lipinski definition) is 4. The first-order chi connectivity index (χ1) is 8.11. The van der Waals surface area contributed by atoms with E-state index in [1.54, 1.807) is 11.1 Å². The smallest absolute Gasteiger partial charge is 0.321 e. The summed E-state index contributed by atoms with van der Waals surface area (Å²) in [6.07, 6.45) is 3.32. The van der Waals surface area contributed by atoms with Gasteiger partial charge in [-0.25, -0.2) is 4.98 Å². The van der Waals surface area contributed by atoms with Crippen LogP contribution in [0.2, 0.25) is 0 Å². The van der Waals surface area contributed by atoms with Gasteiger partial charge in [-0.2, -0.15) is 0 Å². The normalized spacial score (nSPS) is 25.3. The van der Waals surface area contributed by atoms with E-state index in [9.17, 15) is 9.90 Å². The summed E-state index contributed by atoms with van der Waals surface area (Å²) in [6, 6.07) is -0.605. The molecule has 6 heteroatoms. The van der Waals surface area contributed by atoms with Crippen LogP contribution in [-0.4, -0.2) is 49.3 Å². The molecule has 0 aliphatic carbocycles. The number of imidazole rings is 1. The van der Waals surface area contributed by atoms with Crippen molar-refractivity contribution in [2.75, 3.05) is 6.54 Å². The standard InChI is InChI=1S/C11H17N3O3/c1-2-13-4-3-12-10(13)7-14-6-8(15)5-9(14)11(16)17/h3-4,8-9,15H,2,5-7H2,1H3,(H,16,17). The highest BCUT2D eigenvalue weighted by atomic mass is 16.4. The van der Waals surface area contributed by atoms with Gasteiger partial charge in [0.05, 0.1) is 12.6 Å². The highest BCUT2D eigenvalue weighted by molar-refractivity contribution is 5.74. The zero-order chi connectivity index (χ0) is 12.4. The Morgan fingerprint density at radius 3 is 3.06 bits per heavy atom. The van der Waals surface area contributed by atoms with Crippen LogP contribution in [0.25, 0.3) is 0 Å². The molecule has 0 saturated carbocycles. The van der Waals surface area contributed by atoms with Gasteiger partial charge in [0.25, 0.3) is 0 Å². The van der Waals surface area contributed by atoms with E-state index in [0.29, 0.717) is 19.5 Å². The SMILES string of the molecule is CCn1ccnc1CN1CC(O)CC1C(=O)O. The third-order valence-electron chi connectivity index (χ3n) is 3.15. The number of nitrogens with zero attached hydrogens (tertiary/aromatic N) is 3. The molecule has 94 valence electrons. The zero-order valence-corrected chi connectivity index (χ0v) is 9.78. The Morgan fingerprint density at radius 2 is 2.41 bits per heavy atom. The number of aliphatic carboxylic acids is 1. The first-order valence-corrected chi connectivity index (χ1v) is 5.76. The predicted molar refractivity (Wildman–Crippen MR) is 60.4 cm³/mol. The van der Waals surface area contributed by atoms with Crippen LogP contribution in [-0.2, 0) is 17.9 Å². The number of hydrogen-bond donors (Lipinski definition) is 2. The number of aromatic nitrogens is 2. The Bertz CT molecular complexity index is 404. The number of likely N-dealkylation sites (tertiary alicyclic amines) is 1. The molecule has 2 N–H and O–H groups in total. The molecule has 1 aromatic rings. The van der Waals surface area contributed by atoms with Crippen LogP contribution in [0.4, 0.5) is 0 Å². The van der Waals surface area contributed by atoms with Crippen LogP contribution in [0.1, 0.15) is 19.2 Å². The number of carboxylic acid groups (broad SMARTS) is 1. The van der Waals surface area contributed by atoms with Gasteiger partial charge in [-0.05, 0) is 6.92 Å². The molecule has 1 fully saturated rings. The monoisotopic (exact) mass is 239 g/mol. The summed E-state index contributed by atoms with van der Waals surface area (Å²) in [6.45, 7) is 3.69. The number of carbonyl (C=O) groups is 1. The fraction of sp³-hybridized carbons (Fsp3) is 0.636. The van der Waals surface area contributed by atoms with Gasteiger partial charge in [-0.1, -0.05) is 0 Å². The van der Waals surface area contributed by atoms with Crippen molar-refractivity contribution in [3.05, 3.63) is 18.2 Å². The molecule has 1 aliphatic heterocycles. The summed E-state index contributed by atoms with van der Waals surface area (Å²) in [5.74, 6) is -0.0380. The maximum absolute atomic E-state index is 11.1. The van der Waals surface area contributed by atoms with Crippen LogP contribution in [0.3, 0.4) is 0 Å². The van der Waals surface area contributed by atoms with Crippen molar-refractivity contribution in [1.82, 2.24) is 14.5 Å². The Kier molecular flexibility index (Phi) is 3.44. The average molecular weight is 239 g/mol. The molecule has 0 aromatic carbocycles. The van der Waals surface area contributed by atoms with Gasteiger partial charge in [0.15, 0.2) is 0 Å². The van der Waals surface area contributed by atoms with Crippen LogP contribution < -0.4 is 0 Å². The largest absolute Gasteiger partial charge is 0.480 e. The average Bonchev–Trinajstić information content (AvgIpc) is 2.85. The van der Waals surface area contributed by atoms with E-state index in [-0.39, 0.29) is 0 Å². The molecule has 0 amide bonds. The third kappa shape index (κ3) is 2.48. The number of β-amino-alcohol motifs (C(OH)–C–C–N with tert-alkyl or cyclic N) is 1. The van der Waals surface area contributed by atoms with E-state index >= 15 is 0 Å². The molecule has 1 aromatic heterocycles. The molecule has 0 spiro atoms. The lowest BCUT2D eigenvalue weighted by Crippen LogP contribution is -2.36. The maximum Gasteiger partial charge on any atom is 0.321 e. The van der Waals surface area contributed by atoms with Gasteiger partial charge in [-0.3, -0.25) is 9.69 Å². The second-order valence-electron chi connectivity index (χ2n) is 4.30. The number of aliphatic hydroxyl groups is 1. The zero-order valence-electron chi connectivity index (χ0n) is 9.78. The second-order valence-corrected chi connectivity index (χ2v) is 4.30. The molecule has 2 unspecified atom stereocenters. The third-order valence-corrected chi connectivity index (χ3v) is 3.15. The summed E-state index contributed by atoms with van der Waals surface area (Å²) >= 11 is 0. The molecular formula is C11H17N3O3. The molecule has 17 heavy (non-hydrogen) atoms. The van der Waals surface area contributed by atoms with Crippen molar-refractivity contribution in [2.24, 2.45) is 0 Å². The summed E-state index contributed by atoms with van der Waals surface area (Å²) in [7, 11) is 0. The number of aryl methyl sites for hydroxylation is 1. The summed E-state index contributed by atoms with van der Waals surface area (Å²) in [5.41, 5.74) is 0. The van der Waals surface area contributed by atoms with Crippen molar-refractivity contribution < 1.29 is 15.0 Å². The van der Waals surface area contributed by atoms with E-state index in [1.165, 1.54) is 0 Å². The van der Waals surface area contributed by atoms with E-state index in [1.807, 2.05) is 17.7 Å².